The zero-order valence-corrected chi connectivity index (χ0v) is 12.5. The van der Waals surface area contributed by atoms with Gasteiger partial charge in [0.1, 0.15) is 5.54 Å². The van der Waals surface area contributed by atoms with Crippen molar-refractivity contribution in [1.82, 2.24) is 10.2 Å². The zero-order valence-electron chi connectivity index (χ0n) is 12.5. The second-order valence-electron chi connectivity index (χ2n) is 5.90. The van der Waals surface area contributed by atoms with Gasteiger partial charge in [0, 0.05) is 13.1 Å². The summed E-state index contributed by atoms with van der Waals surface area (Å²) in [7, 11) is 0. The number of rotatable bonds is 7. The van der Waals surface area contributed by atoms with Gasteiger partial charge < -0.3 is 4.90 Å². The molecular formula is C15H29N3. The monoisotopic (exact) mass is 251 g/mol. The molecule has 3 nitrogen and oxygen atoms in total. The lowest BCUT2D eigenvalue weighted by Crippen LogP contribution is -2.43. The van der Waals surface area contributed by atoms with E-state index in [0.717, 1.165) is 44.2 Å². The van der Waals surface area contributed by atoms with Gasteiger partial charge in [-0.05, 0) is 44.2 Å². The molecule has 1 aliphatic rings. The van der Waals surface area contributed by atoms with E-state index in [4.69, 9.17) is 0 Å². The average molecular weight is 251 g/mol. The van der Waals surface area contributed by atoms with Gasteiger partial charge >= 0.3 is 0 Å². The van der Waals surface area contributed by atoms with Crippen LogP contribution in [0, 0.1) is 23.2 Å². The predicted molar refractivity (Wildman–Crippen MR) is 76.3 cm³/mol. The van der Waals surface area contributed by atoms with Crippen LogP contribution in [0.3, 0.4) is 0 Å². The summed E-state index contributed by atoms with van der Waals surface area (Å²) in [6, 6.07) is 2.48. The molecule has 0 saturated carbocycles. The first-order chi connectivity index (χ1) is 8.56. The van der Waals surface area contributed by atoms with E-state index in [1.54, 1.807) is 0 Å². The first-order valence-electron chi connectivity index (χ1n) is 7.45. The maximum atomic E-state index is 9.36. The summed E-state index contributed by atoms with van der Waals surface area (Å²) in [6.45, 7) is 13.3. The molecule has 104 valence electrons. The van der Waals surface area contributed by atoms with Crippen molar-refractivity contribution >= 4 is 0 Å². The lowest BCUT2D eigenvalue weighted by atomic mass is 9.92. The minimum Gasteiger partial charge on any atom is -0.303 e. The topological polar surface area (TPSA) is 39.1 Å². The lowest BCUT2D eigenvalue weighted by Gasteiger charge is -2.27. The van der Waals surface area contributed by atoms with Gasteiger partial charge in [-0.3, -0.25) is 5.32 Å². The molecule has 0 aromatic rings. The van der Waals surface area contributed by atoms with E-state index < -0.39 is 0 Å². The molecule has 3 heteroatoms. The second-order valence-corrected chi connectivity index (χ2v) is 5.90. The van der Waals surface area contributed by atoms with E-state index in [2.05, 4.69) is 44.0 Å². The third-order valence-electron chi connectivity index (χ3n) is 4.47. The summed E-state index contributed by atoms with van der Waals surface area (Å²) >= 11 is 0. The maximum Gasteiger partial charge on any atom is 0.106 e. The molecular weight excluding hydrogens is 222 g/mol. The predicted octanol–water partition coefficient (Wildman–Crippen LogP) is 2.64. The van der Waals surface area contributed by atoms with Gasteiger partial charge in [-0.15, -0.1) is 0 Å². The number of nitrogens with zero attached hydrogens (tertiary/aromatic N) is 2. The van der Waals surface area contributed by atoms with Crippen molar-refractivity contribution in [3.05, 3.63) is 0 Å². The first-order valence-corrected chi connectivity index (χ1v) is 7.45. The third kappa shape index (κ3) is 3.96. The maximum absolute atomic E-state index is 9.36. The quantitative estimate of drug-likeness (QED) is 0.756. The van der Waals surface area contributed by atoms with Crippen LogP contribution in [0.1, 0.15) is 47.0 Å². The van der Waals surface area contributed by atoms with E-state index in [1.807, 2.05) is 0 Å². The van der Waals surface area contributed by atoms with Gasteiger partial charge in [0.25, 0.3) is 0 Å². The van der Waals surface area contributed by atoms with Crippen molar-refractivity contribution in [1.29, 1.82) is 5.26 Å². The van der Waals surface area contributed by atoms with E-state index in [9.17, 15) is 5.26 Å². The van der Waals surface area contributed by atoms with Crippen molar-refractivity contribution in [2.45, 2.75) is 52.5 Å². The lowest BCUT2D eigenvalue weighted by molar-refractivity contribution is 0.288. The molecule has 0 radical (unpaired) electrons. The van der Waals surface area contributed by atoms with Gasteiger partial charge in [0.2, 0.25) is 0 Å². The summed E-state index contributed by atoms with van der Waals surface area (Å²) in [6.07, 6.45) is 2.98. The van der Waals surface area contributed by atoms with Gasteiger partial charge in [0.15, 0.2) is 0 Å². The number of nitriles is 1. The Labute approximate surface area is 113 Å². The second kappa shape index (κ2) is 7.11. The van der Waals surface area contributed by atoms with Crippen LogP contribution in [-0.4, -0.2) is 36.6 Å². The van der Waals surface area contributed by atoms with Crippen molar-refractivity contribution in [3.63, 3.8) is 0 Å². The van der Waals surface area contributed by atoms with Gasteiger partial charge in [-0.1, -0.05) is 27.7 Å². The highest BCUT2D eigenvalue weighted by atomic mass is 15.1. The fourth-order valence-electron chi connectivity index (χ4n) is 2.94. The minimum absolute atomic E-state index is 0.300. The molecule has 18 heavy (non-hydrogen) atoms. The number of likely N-dealkylation sites (tertiary alicyclic amines) is 1. The number of nitrogens with one attached hydrogen (secondary N) is 1. The fraction of sp³-hybridized carbons (Fsp3) is 0.933. The Bertz CT molecular complexity index is 274. The summed E-state index contributed by atoms with van der Waals surface area (Å²) in [5.41, 5.74) is -0.300. The Kier molecular flexibility index (Phi) is 6.11. The molecule has 1 rings (SSSR count). The SMILES string of the molecule is CCNC(C#N)(CC)CCCN1CC(C)C(C)C1. The molecule has 0 amide bonds. The molecule has 0 bridgehead atoms. The molecule has 0 aromatic heterocycles. The van der Waals surface area contributed by atoms with Crippen LogP contribution in [0.25, 0.3) is 0 Å². The van der Waals surface area contributed by atoms with E-state index in [1.165, 1.54) is 13.1 Å². The molecule has 1 saturated heterocycles. The molecule has 0 aromatic carbocycles. The van der Waals surface area contributed by atoms with Crippen LogP contribution in [0.2, 0.25) is 0 Å². The first kappa shape index (κ1) is 15.5. The normalized spacial score (nSPS) is 27.9. The minimum atomic E-state index is -0.300. The van der Waals surface area contributed by atoms with Crippen LogP contribution in [0.15, 0.2) is 0 Å². The summed E-state index contributed by atoms with van der Waals surface area (Å²) in [5.74, 6) is 1.65. The number of hydrogen-bond acceptors (Lipinski definition) is 3. The molecule has 0 aliphatic carbocycles. The van der Waals surface area contributed by atoms with Crippen LogP contribution in [-0.2, 0) is 0 Å². The largest absolute Gasteiger partial charge is 0.303 e. The Morgan fingerprint density at radius 2 is 1.89 bits per heavy atom. The van der Waals surface area contributed by atoms with Gasteiger partial charge in [-0.25, -0.2) is 0 Å². The van der Waals surface area contributed by atoms with Crippen molar-refractivity contribution < 1.29 is 0 Å². The number of hydrogen-bond donors (Lipinski definition) is 1. The molecule has 3 atom stereocenters. The van der Waals surface area contributed by atoms with E-state index in [0.29, 0.717) is 0 Å². The molecule has 1 N–H and O–H groups in total. The highest BCUT2D eigenvalue weighted by Crippen LogP contribution is 2.23. The summed E-state index contributed by atoms with van der Waals surface area (Å²) in [5, 5.41) is 12.7. The average Bonchev–Trinajstić information content (AvgIpc) is 2.67. The van der Waals surface area contributed by atoms with Crippen LogP contribution >= 0.6 is 0 Å². The zero-order chi connectivity index (χ0) is 13.6. The van der Waals surface area contributed by atoms with Crippen LogP contribution < -0.4 is 5.32 Å². The Hall–Kier alpha value is -0.590. The molecule has 3 unspecified atom stereocenters. The molecule has 0 spiro atoms. The van der Waals surface area contributed by atoms with E-state index >= 15 is 0 Å². The highest BCUT2D eigenvalue weighted by Gasteiger charge is 2.28. The van der Waals surface area contributed by atoms with Crippen LogP contribution in [0.5, 0.6) is 0 Å². The molecule has 1 heterocycles. The van der Waals surface area contributed by atoms with Crippen molar-refractivity contribution in [2.75, 3.05) is 26.2 Å². The Balaban J connectivity index is 2.34. The summed E-state index contributed by atoms with van der Waals surface area (Å²) in [4.78, 5) is 2.55. The smallest absolute Gasteiger partial charge is 0.106 e. The van der Waals surface area contributed by atoms with Crippen LogP contribution in [0.4, 0.5) is 0 Å². The standard InChI is InChI=1S/C15H29N3/c1-5-15(12-16,17-6-2)8-7-9-18-10-13(3)14(4)11-18/h13-14,17H,5-11H2,1-4H3. The fourth-order valence-corrected chi connectivity index (χ4v) is 2.94. The van der Waals surface area contributed by atoms with Crippen molar-refractivity contribution in [2.24, 2.45) is 11.8 Å². The molecule has 1 fully saturated rings. The van der Waals surface area contributed by atoms with E-state index in [-0.39, 0.29) is 5.54 Å². The molecule has 1 aliphatic heterocycles. The van der Waals surface area contributed by atoms with Gasteiger partial charge in [0.05, 0.1) is 6.07 Å². The van der Waals surface area contributed by atoms with Crippen molar-refractivity contribution in [3.8, 4) is 6.07 Å². The Morgan fingerprint density at radius 3 is 2.33 bits per heavy atom. The highest BCUT2D eigenvalue weighted by molar-refractivity contribution is 5.06. The van der Waals surface area contributed by atoms with Gasteiger partial charge in [-0.2, -0.15) is 5.26 Å². The summed E-state index contributed by atoms with van der Waals surface area (Å²) < 4.78 is 0. The Morgan fingerprint density at radius 1 is 1.28 bits per heavy atom. The third-order valence-corrected chi connectivity index (χ3v) is 4.47.